The van der Waals surface area contributed by atoms with Crippen molar-refractivity contribution in [2.45, 2.75) is 5.44 Å². The molecule has 0 fully saturated rings. The third-order valence-corrected chi connectivity index (χ3v) is 2.22. The average molecular weight is 167 g/mol. The quantitative estimate of drug-likeness (QED) is 0.548. The van der Waals surface area contributed by atoms with Crippen molar-refractivity contribution in [1.82, 2.24) is 0 Å². The number of rotatable bonds is 1. The summed E-state index contributed by atoms with van der Waals surface area (Å²) in [6, 6.07) is 0. The normalized spacial score (nSPS) is 26.7. The molecular formula is C7H5NO2S. The minimum atomic E-state index is -0.0970. The molecule has 2 aliphatic rings. The summed E-state index contributed by atoms with van der Waals surface area (Å²) in [5, 5.41) is 0. The number of fused-ring (bicyclic) bond motifs is 1. The first-order valence-corrected chi connectivity index (χ1v) is 4.06. The zero-order valence-electron chi connectivity index (χ0n) is 5.56. The summed E-state index contributed by atoms with van der Waals surface area (Å²) in [5.74, 6) is 0.372. The fourth-order valence-electron chi connectivity index (χ4n) is 0.884. The lowest BCUT2D eigenvalue weighted by atomic mass is 10.3. The van der Waals surface area contributed by atoms with Gasteiger partial charge < -0.3 is 4.74 Å². The van der Waals surface area contributed by atoms with Gasteiger partial charge in [0.05, 0.1) is 11.2 Å². The molecule has 3 nitrogen and oxygen atoms in total. The number of aliphatic imine (C=N–C) groups is 1. The number of carbonyl (C=O) groups excluding carboxylic acids is 1. The Kier molecular flexibility index (Phi) is 1.54. The van der Waals surface area contributed by atoms with Gasteiger partial charge in [-0.05, 0) is 12.2 Å². The van der Waals surface area contributed by atoms with Crippen LogP contribution in [0.5, 0.6) is 0 Å². The number of ether oxygens (including phenoxy) is 1. The maximum absolute atomic E-state index is 10.3. The number of hydrogen-bond donors (Lipinski definition) is 0. The maximum Gasteiger partial charge on any atom is 0.192 e. The molecule has 4 heteroatoms. The van der Waals surface area contributed by atoms with Gasteiger partial charge in [0.1, 0.15) is 0 Å². The van der Waals surface area contributed by atoms with Crippen LogP contribution in [0.3, 0.4) is 0 Å². The van der Waals surface area contributed by atoms with Gasteiger partial charge in [0.15, 0.2) is 17.5 Å². The highest BCUT2D eigenvalue weighted by atomic mass is 32.2. The Balaban J connectivity index is 2.27. The summed E-state index contributed by atoms with van der Waals surface area (Å²) in [6.45, 7) is 0. The zero-order valence-corrected chi connectivity index (χ0v) is 6.38. The van der Waals surface area contributed by atoms with E-state index in [1.807, 2.05) is 0 Å². The van der Waals surface area contributed by atoms with Crippen LogP contribution >= 0.6 is 11.8 Å². The molecule has 0 radical (unpaired) electrons. The molecule has 0 amide bonds. The van der Waals surface area contributed by atoms with Crippen LogP contribution in [0, 0.1) is 0 Å². The maximum atomic E-state index is 10.3. The van der Waals surface area contributed by atoms with Crippen LogP contribution in [-0.2, 0) is 9.53 Å². The van der Waals surface area contributed by atoms with Crippen LogP contribution < -0.4 is 0 Å². The summed E-state index contributed by atoms with van der Waals surface area (Å²) in [4.78, 5) is 14.3. The minimum Gasteiger partial charge on any atom is -0.470 e. The van der Waals surface area contributed by atoms with Gasteiger partial charge >= 0.3 is 0 Å². The van der Waals surface area contributed by atoms with Crippen molar-refractivity contribution in [2.24, 2.45) is 4.99 Å². The van der Waals surface area contributed by atoms with Crippen molar-refractivity contribution in [3.05, 3.63) is 23.6 Å². The van der Waals surface area contributed by atoms with Crippen LogP contribution in [0.1, 0.15) is 0 Å². The van der Waals surface area contributed by atoms with E-state index in [9.17, 15) is 4.79 Å². The van der Waals surface area contributed by atoms with Gasteiger partial charge in [0.2, 0.25) is 0 Å². The van der Waals surface area contributed by atoms with Crippen molar-refractivity contribution in [1.29, 1.82) is 0 Å². The Labute approximate surface area is 67.8 Å². The van der Waals surface area contributed by atoms with E-state index in [0.29, 0.717) is 12.0 Å². The predicted molar refractivity (Wildman–Crippen MR) is 43.2 cm³/mol. The second kappa shape index (κ2) is 2.54. The Morgan fingerprint density at radius 1 is 1.64 bits per heavy atom. The number of hydrogen-bond acceptors (Lipinski definition) is 4. The minimum absolute atomic E-state index is 0.0970. The summed E-state index contributed by atoms with van der Waals surface area (Å²) in [6.07, 6.45) is 4.13. The van der Waals surface area contributed by atoms with Crippen molar-refractivity contribution < 1.29 is 9.53 Å². The summed E-state index contributed by atoms with van der Waals surface area (Å²) < 4.78 is 5.22. The molecule has 2 heterocycles. The van der Waals surface area contributed by atoms with E-state index in [2.05, 4.69) is 4.99 Å². The first-order chi connectivity index (χ1) is 5.40. The van der Waals surface area contributed by atoms with Gasteiger partial charge in [-0.1, -0.05) is 11.8 Å². The van der Waals surface area contributed by atoms with Gasteiger partial charge in [0.25, 0.3) is 0 Å². The van der Waals surface area contributed by atoms with Crippen molar-refractivity contribution in [3.63, 3.8) is 0 Å². The van der Waals surface area contributed by atoms with Crippen LogP contribution in [0.2, 0.25) is 0 Å². The fraction of sp³-hybridized carbons (Fsp3) is 0.143. The molecule has 56 valence electrons. The standard InChI is InChI=1S/C7H5NO2S/c9-3-5-1-2-6-7(10-5)11-4-8-6/h1-4,7H. The van der Waals surface area contributed by atoms with Crippen molar-refractivity contribution >= 4 is 23.6 Å². The molecule has 11 heavy (non-hydrogen) atoms. The molecule has 0 aromatic carbocycles. The van der Waals surface area contributed by atoms with Crippen LogP contribution in [0.25, 0.3) is 0 Å². The third kappa shape index (κ3) is 1.09. The van der Waals surface area contributed by atoms with Gasteiger partial charge in [-0.3, -0.25) is 4.79 Å². The number of nitrogens with zero attached hydrogens (tertiary/aromatic N) is 1. The highest BCUT2D eigenvalue weighted by molar-refractivity contribution is 8.13. The number of aldehydes is 1. The zero-order chi connectivity index (χ0) is 7.68. The lowest BCUT2D eigenvalue weighted by Crippen LogP contribution is -2.10. The average Bonchev–Trinajstić information content (AvgIpc) is 2.50. The van der Waals surface area contributed by atoms with E-state index in [-0.39, 0.29) is 5.44 Å². The molecule has 2 rings (SSSR count). The number of allylic oxidation sites excluding steroid dienone is 3. The van der Waals surface area contributed by atoms with E-state index >= 15 is 0 Å². The lowest BCUT2D eigenvalue weighted by Gasteiger charge is -2.15. The summed E-state index contributed by atoms with van der Waals surface area (Å²) in [5.41, 5.74) is 2.50. The summed E-state index contributed by atoms with van der Waals surface area (Å²) >= 11 is 1.46. The van der Waals surface area contributed by atoms with Gasteiger partial charge in [-0.25, -0.2) is 4.99 Å². The SMILES string of the molecule is O=CC1=CC=C2N=CSC2O1. The molecule has 1 atom stereocenters. The molecule has 2 aliphatic heterocycles. The van der Waals surface area contributed by atoms with Crippen LogP contribution in [0.15, 0.2) is 28.6 Å². The van der Waals surface area contributed by atoms with E-state index in [0.717, 1.165) is 5.70 Å². The number of thioether (sulfide) groups is 1. The topological polar surface area (TPSA) is 38.7 Å². The van der Waals surface area contributed by atoms with E-state index in [1.54, 1.807) is 17.7 Å². The second-order valence-corrected chi connectivity index (χ2v) is 3.01. The van der Waals surface area contributed by atoms with Gasteiger partial charge in [-0.15, -0.1) is 0 Å². The van der Waals surface area contributed by atoms with E-state index < -0.39 is 0 Å². The van der Waals surface area contributed by atoms with Crippen molar-refractivity contribution in [3.8, 4) is 0 Å². The van der Waals surface area contributed by atoms with Crippen LogP contribution in [-0.4, -0.2) is 17.3 Å². The first-order valence-electron chi connectivity index (χ1n) is 3.12. The molecule has 0 aromatic heterocycles. The Bertz CT molecular complexity index is 280. The van der Waals surface area contributed by atoms with E-state index in [1.165, 1.54) is 11.8 Å². The molecule has 0 aromatic rings. The first kappa shape index (κ1) is 6.67. The smallest absolute Gasteiger partial charge is 0.192 e. The fourth-order valence-corrected chi connectivity index (χ4v) is 1.62. The monoisotopic (exact) mass is 167 g/mol. The lowest BCUT2D eigenvalue weighted by molar-refractivity contribution is -0.107. The largest absolute Gasteiger partial charge is 0.470 e. The Morgan fingerprint density at radius 3 is 3.36 bits per heavy atom. The van der Waals surface area contributed by atoms with Gasteiger partial charge in [0, 0.05) is 0 Å². The summed E-state index contributed by atoms with van der Waals surface area (Å²) in [7, 11) is 0. The second-order valence-electron chi connectivity index (χ2n) is 2.10. The number of carbonyl (C=O) groups is 1. The highest BCUT2D eigenvalue weighted by Gasteiger charge is 2.23. The molecular weight excluding hydrogens is 162 g/mol. The van der Waals surface area contributed by atoms with Crippen molar-refractivity contribution in [2.75, 3.05) is 0 Å². The predicted octanol–water partition coefficient (Wildman–Crippen LogP) is 1.08. The Hall–Kier alpha value is -1.03. The highest BCUT2D eigenvalue weighted by Crippen LogP contribution is 2.30. The van der Waals surface area contributed by atoms with Gasteiger partial charge in [-0.2, -0.15) is 0 Å². The van der Waals surface area contributed by atoms with E-state index in [4.69, 9.17) is 4.74 Å². The molecule has 0 spiro atoms. The molecule has 0 saturated carbocycles. The molecule has 0 bridgehead atoms. The molecule has 0 aliphatic carbocycles. The van der Waals surface area contributed by atoms with Crippen LogP contribution in [0.4, 0.5) is 0 Å². The Morgan fingerprint density at radius 2 is 2.55 bits per heavy atom. The molecule has 0 N–H and O–H groups in total. The molecule has 1 unspecified atom stereocenters. The molecule has 0 saturated heterocycles. The third-order valence-electron chi connectivity index (χ3n) is 1.41.